The van der Waals surface area contributed by atoms with Crippen molar-refractivity contribution in [3.8, 4) is 0 Å². The van der Waals surface area contributed by atoms with Gasteiger partial charge in [0.2, 0.25) is 0 Å². The molecule has 2 atom stereocenters. The first-order chi connectivity index (χ1) is 13.2. The number of benzene rings is 2. The molecule has 2 heterocycles. The highest BCUT2D eigenvalue weighted by atomic mass is 16.5. The Morgan fingerprint density at radius 2 is 2.11 bits per heavy atom. The van der Waals surface area contributed by atoms with Gasteiger partial charge in [-0.2, -0.15) is 0 Å². The van der Waals surface area contributed by atoms with Gasteiger partial charge in [-0.1, -0.05) is 30.3 Å². The van der Waals surface area contributed by atoms with Crippen LogP contribution < -0.4 is 10.5 Å². The van der Waals surface area contributed by atoms with Crippen molar-refractivity contribution in [1.29, 1.82) is 0 Å². The first-order valence-corrected chi connectivity index (χ1v) is 9.60. The Labute approximate surface area is 157 Å². The minimum absolute atomic E-state index is 0.0585. The summed E-state index contributed by atoms with van der Waals surface area (Å²) >= 11 is 0. The highest BCUT2D eigenvalue weighted by Crippen LogP contribution is 2.27. The van der Waals surface area contributed by atoms with E-state index in [9.17, 15) is 9.59 Å². The number of carbonyl (C=O) groups excluding carboxylic acids is 1. The van der Waals surface area contributed by atoms with Gasteiger partial charge in [-0.15, -0.1) is 0 Å². The van der Waals surface area contributed by atoms with Crippen LogP contribution in [0.15, 0.2) is 51.7 Å². The second-order valence-electron chi connectivity index (χ2n) is 7.22. The summed E-state index contributed by atoms with van der Waals surface area (Å²) in [5.41, 5.74) is 1.28. The van der Waals surface area contributed by atoms with Crippen molar-refractivity contribution < 1.29 is 18.8 Å². The standard InChI is InChI=1S/C22H23NO4/c1-2-26-22(25)16-7-5-11-23(13-16)14-17-12-20(24)27-19-10-9-15-6-3-4-8-18(15)21(17)19/h3-4,6,8-10,12,16H,2,5,7,11,13-14H2,1H3/p+1/t16-/m1/s1. The van der Waals surface area contributed by atoms with Gasteiger partial charge in [-0.05, 0) is 36.6 Å². The molecule has 27 heavy (non-hydrogen) atoms. The largest absolute Gasteiger partial charge is 0.466 e. The summed E-state index contributed by atoms with van der Waals surface area (Å²) in [6.45, 7) is 4.69. The van der Waals surface area contributed by atoms with Crippen molar-refractivity contribution in [1.82, 2.24) is 0 Å². The normalized spacial score (nSPS) is 20.0. The highest BCUT2D eigenvalue weighted by Gasteiger charge is 2.30. The van der Waals surface area contributed by atoms with Crippen LogP contribution in [0, 0.1) is 5.92 Å². The molecule has 1 unspecified atom stereocenters. The van der Waals surface area contributed by atoms with E-state index in [1.807, 2.05) is 31.2 Å². The first kappa shape index (κ1) is 17.7. The molecule has 1 aliphatic heterocycles. The molecule has 5 heteroatoms. The fourth-order valence-electron chi connectivity index (χ4n) is 4.20. The van der Waals surface area contributed by atoms with Crippen molar-refractivity contribution in [3.63, 3.8) is 0 Å². The summed E-state index contributed by atoms with van der Waals surface area (Å²) in [6.07, 6.45) is 1.86. The molecule has 0 saturated carbocycles. The van der Waals surface area contributed by atoms with E-state index in [1.54, 1.807) is 6.07 Å². The molecule has 0 amide bonds. The number of carbonyl (C=O) groups is 1. The number of quaternary nitrogens is 1. The summed E-state index contributed by atoms with van der Waals surface area (Å²) in [7, 11) is 0. The van der Waals surface area contributed by atoms with Crippen LogP contribution in [0.5, 0.6) is 0 Å². The number of piperidine rings is 1. The SMILES string of the molecule is CCOC(=O)[C@@H]1CCC[NH+](Cc2cc(=O)oc3ccc4ccccc4c23)C1. The van der Waals surface area contributed by atoms with Gasteiger partial charge in [0.05, 0.1) is 19.7 Å². The minimum atomic E-state index is -0.328. The molecule has 1 aromatic heterocycles. The van der Waals surface area contributed by atoms with Crippen molar-refractivity contribution in [2.45, 2.75) is 26.3 Å². The number of hydrogen-bond acceptors (Lipinski definition) is 4. The van der Waals surface area contributed by atoms with E-state index in [4.69, 9.17) is 9.15 Å². The highest BCUT2D eigenvalue weighted by molar-refractivity contribution is 6.06. The molecular weight excluding hydrogens is 342 g/mol. The zero-order valence-electron chi connectivity index (χ0n) is 15.5. The number of likely N-dealkylation sites (tertiary alicyclic amines) is 1. The van der Waals surface area contributed by atoms with Gasteiger partial charge >= 0.3 is 11.6 Å². The lowest BCUT2D eigenvalue weighted by molar-refractivity contribution is -0.921. The fraction of sp³-hybridized carbons (Fsp3) is 0.364. The number of ether oxygens (including phenoxy) is 1. The summed E-state index contributed by atoms with van der Waals surface area (Å²) in [6, 6.07) is 13.6. The molecule has 1 N–H and O–H groups in total. The topological polar surface area (TPSA) is 61.0 Å². The maximum Gasteiger partial charge on any atom is 0.336 e. The zero-order chi connectivity index (χ0) is 18.8. The van der Waals surface area contributed by atoms with Crippen LogP contribution in [0.3, 0.4) is 0 Å². The Morgan fingerprint density at radius 1 is 1.26 bits per heavy atom. The van der Waals surface area contributed by atoms with Crippen LogP contribution in [-0.4, -0.2) is 25.7 Å². The maximum atomic E-state index is 12.1. The Morgan fingerprint density at radius 3 is 2.96 bits per heavy atom. The van der Waals surface area contributed by atoms with Crippen LogP contribution in [0.1, 0.15) is 25.3 Å². The number of hydrogen-bond donors (Lipinski definition) is 1. The Kier molecular flexibility index (Phi) is 4.94. The monoisotopic (exact) mass is 366 g/mol. The number of nitrogens with one attached hydrogen (secondary N) is 1. The van der Waals surface area contributed by atoms with Gasteiger partial charge in [0.25, 0.3) is 0 Å². The molecule has 5 nitrogen and oxygen atoms in total. The van der Waals surface area contributed by atoms with Crippen LogP contribution in [0.25, 0.3) is 21.7 Å². The van der Waals surface area contributed by atoms with Crippen molar-refractivity contribution in [3.05, 3.63) is 58.4 Å². The summed E-state index contributed by atoms with van der Waals surface area (Å²) in [5.74, 6) is -0.158. The molecule has 4 rings (SSSR count). The predicted molar refractivity (Wildman–Crippen MR) is 104 cm³/mol. The maximum absolute atomic E-state index is 12.1. The number of rotatable bonds is 4. The Balaban J connectivity index is 1.70. The summed E-state index contributed by atoms with van der Waals surface area (Å²) in [5, 5.41) is 3.21. The zero-order valence-corrected chi connectivity index (χ0v) is 15.5. The van der Waals surface area contributed by atoms with Crippen LogP contribution >= 0.6 is 0 Å². The number of fused-ring (bicyclic) bond motifs is 3. The average Bonchev–Trinajstić information content (AvgIpc) is 2.68. The molecule has 0 radical (unpaired) electrons. The van der Waals surface area contributed by atoms with E-state index in [-0.39, 0.29) is 17.5 Å². The molecule has 1 aliphatic rings. The van der Waals surface area contributed by atoms with E-state index in [1.165, 1.54) is 4.90 Å². The fourth-order valence-corrected chi connectivity index (χ4v) is 4.20. The van der Waals surface area contributed by atoms with Crippen molar-refractivity contribution in [2.75, 3.05) is 19.7 Å². The lowest BCUT2D eigenvalue weighted by Gasteiger charge is -2.29. The lowest BCUT2D eigenvalue weighted by atomic mass is 9.96. The molecule has 1 saturated heterocycles. The average molecular weight is 366 g/mol. The van der Waals surface area contributed by atoms with Crippen LogP contribution in [0.4, 0.5) is 0 Å². The Hall–Kier alpha value is -2.66. The van der Waals surface area contributed by atoms with E-state index >= 15 is 0 Å². The molecule has 0 aliphatic carbocycles. The van der Waals surface area contributed by atoms with E-state index < -0.39 is 0 Å². The van der Waals surface area contributed by atoms with Gasteiger partial charge in [-0.3, -0.25) is 4.79 Å². The summed E-state index contributed by atoms with van der Waals surface area (Å²) in [4.78, 5) is 25.5. The van der Waals surface area contributed by atoms with Gasteiger partial charge in [0.15, 0.2) is 0 Å². The smallest absolute Gasteiger partial charge is 0.336 e. The van der Waals surface area contributed by atoms with Crippen molar-refractivity contribution >= 4 is 27.7 Å². The molecule has 3 aromatic rings. The third kappa shape index (κ3) is 3.60. The molecule has 140 valence electrons. The second kappa shape index (κ2) is 7.53. The summed E-state index contributed by atoms with van der Waals surface area (Å²) < 4.78 is 10.7. The van der Waals surface area contributed by atoms with Gasteiger partial charge in [0.1, 0.15) is 18.0 Å². The third-order valence-electron chi connectivity index (χ3n) is 5.39. The van der Waals surface area contributed by atoms with E-state index in [2.05, 4.69) is 12.1 Å². The van der Waals surface area contributed by atoms with Gasteiger partial charge in [-0.25, -0.2) is 4.79 Å². The van der Waals surface area contributed by atoms with Gasteiger partial charge < -0.3 is 14.1 Å². The quantitative estimate of drug-likeness (QED) is 0.437. The van der Waals surface area contributed by atoms with Gasteiger partial charge in [0, 0.05) is 17.0 Å². The number of esters is 1. The molecule has 0 spiro atoms. The third-order valence-corrected chi connectivity index (χ3v) is 5.39. The minimum Gasteiger partial charge on any atom is -0.466 e. The van der Waals surface area contributed by atoms with E-state index in [0.29, 0.717) is 18.7 Å². The molecule has 2 aromatic carbocycles. The molecule has 1 fully saturated rings. The molecule has 0 bridgehead atoms. The molecular formula is C22H24NO4+. The second-order valence-corrected chi connectivity index (χ2v) is 7.22. The Bertz CT molecular complexity index is 1040. The van der Waals surface area contributed by atoms with E-state index in [0.717, 1.165) is 47.7 Å². The lowest BCUT2D eigenvalue weighted by Crippen LogP contribution is -3.12. The van der Waals surface area contributed by atoms with Crippen LogP contribution in [-0.2, 0) is 16.1 Å². The first-order valence-electron chi connectivity index (χ1n) is 9.60. The van der Waals surface area contributed by atoms with Crippen LogP contribution in [0.2, 0.25) is 0 Å². The predicted octanol–water partition coefficient (Wildman–Crippen LogP) is 2.30. The van der Waals surface area contributed by atoms with Crippen molar-refractivity contribution in [2.24, 2.45) is 5.92 Å².